The van der Waals surface area contributed by atoms with Crippen molar-refractivity contribution in [2.75, 3.05) is 20.8 Å². The molecule has 17 heavy (non-hydrogen) atoms. The van der Waals surface area contributed by atoms with Gasteiger partial charge in [0.2, 0.25) is 0 Å². The zero-order valence-corrected chi connectivity index (χ0v) is 11.9. The topological polar surface area (TPSA) is 47.6 Å². The van der Waals surface area contributed by atoms with Gasteiger partial charge in [0, 0.05) is 13.2 Å². The molecule has 0 saturated heterocycles. The smallest absolute Gasteiger partial charge is 0.322 e. The summed E-state index contributed by atoms with van der Waals surface area (Å²) in [6.07, 6.45) is 0.777. The normalized spacial score (nSPS) is 15.1. The zero-order valence-electron chi connectivity index (χ0n) is 11.9. The molecule has 0 spiro atoms. The number of hydrogen-bond acceptors (Lipinski definition) is 4. The molecule has 0 radical (unpaired) electrons. The molecule has 0 aromatic carbocycles. The molecule has 0 aliphatic rings. The first-order chi connectivity index (χ1) is 7.92. The largest absolute Gasteiger partial charge is 0.468 e. The molecule has 0 aliphatic heterocycles. The van der Waals surface area contributed by atoms with Crippen LogP contribution in [0.4, 0.5) is 0 Å². The van der Waals surface area contributed by atoms with Crippen LogP contribution in [-0.2, 0) is 14.3 Å². The van der Waals surface area contributed by atoms with Gasteiger partial charge in [0.05, 0.1) is 13.7 Å². The van der Waals surface area contributed by atoms with Crippen molar-refractivity contribution in [3.05, 3.63) is 0 Å². The molecular weight excluding hydrogens is 218 g/mol. The molecule has 0 rings (SSSR count). The SMILES string of the molecule is COCC(NC(CC(C)C)C(=O)OC)C(C)C. The van der Waals surface area contributed by atoms with Crippen molar-refractivity contribution >= 4 is 5.97 Å². The average molecular weight is 245 g/mol. The van der Waals surface area contributed by atoms with Crippen molar-refractivity contribution < 1.29 is 14.3 Å². The van der Waals surface area contributed by atoms with Gasteiger partial charge in [0.1, 0.15) is 6.04 Å². The second-order valence-corrected chi connectivity index (χ2v) is 5.18. The van der Waals surface area contributed by atoms with Crippen molar-refractivity contribution in [1.29, 1.82) is 0 Å². The van der Waals surface area contributed by atoms with Crippen LogP contribution in [0.5, 0.6) is 0 Å². The Kier molecular flexibility index (Phi) is 8.17. The summed E-state index contributed by atoms with van der Waals surface area (Å²) in [5.41, 5.74) is 0. The lowest BCUT2D eigenvalue weighted by atomic mass is 9.99. The fourth-order valence-corrected chi connectivity index (χ4v) is 1.72. The summed E-state index contributed by atoms with van der Waals surface area (Å²) in [7, 11) is 3.10. The predicted octanol–water partition coefficient (Wildman–Crippen LogP) is 1.83. The number of rotatable bonds is 8. The van der Waals surface area contributed by atoms with E-state index in [-0.39, 0.29) is 18.1 Å². The van der Waals surface area contributed by atoms with Gasteiger partial charge in [-0.15, -0.1) is 0 Å². The van der Waals surface area contributed by atoms with Gasteiger partial charge in [-0.3, -0.25) is 10.1 Å². The minimum Gasteiger partial charge on any atom is -0.468 e. The zero-order chi connectivity index (χ0) is 13.4. The van der Waals surface area contributed by atoms with Gasteiger partial charge in [-0.25, -0.2) is 0 Å². The van der Waals surface area contributed by atoms with Crippen molar-refractivity contribution in [2.45, 2.75) is 46.2 Å². The Labute approximate surface area is 105 Å². The third-order valence-electron chi connectivity index (χ3n) is 2.76. The maximum atomic E-state index is 11.7. The van der Waals surface area contributed by atoms with E-state index >= 15 is 0 Å². The van der Waals surface area contributed by atoms with Gasteiger partial charge >= 0.3 is 5.97 Å². The summed E-state index contributed by atoms with van der Waals surface area (Å²) in [6.45, 7) is 9.01. The van der Waals surface area contributed by atoms with E-state index in [1.807, 2.05) is 0 Å². The van der Waals surface area contributed by atoms with Crippen LogP contribution in [0, 0.1) is 11.8 Å². The summed E-state index contributed by atoms with van der Waals surface area (Å²) in [5, 5.41) is 3.34. The van der Waals surface area contributed by atoms with Crippen molar-refractivity contribution in [3.8, 4) is 0 Å². The molecule has 0 aromatic heterocycles. The molecule has 0 aliphatic carbocycles. The van der Waals surface area contributed by atoms with Crippen LogP contribution in [0.25, 0.3) is 0 Å². The number of hydrogen-bond donors (Lipinski definition) is 1. The van der Waals surface area contributed by atoms with Gasteiger partial charge < -0.3 is 9.47 Å². The molecule has 102 valence electrons. The van der Waals surface area contributed by atoms with Crippen molar-refractivity contribution in [1.82, 2.24) is 5.32 Å². The minimum atomic E-state index is -0.248. The highest BCUT2D eigenvalue weighted by molar-refractivity contribution is 5.75. The maximum Gasteiger partial charge on any atom is 0.322 e. The van der Waals surface area contributed by atoms with E-state index in [4.69, 9.17) is 9.47 Å². The molecule has 0 bridgehead atoms. The quantitative estimate of drug-likeness (QED) is 0.663. The second kappa shape index (κ2) is 8.48. The van der Waals surface area contributed by atoms with Gasteiger partial charge in [-0.1, -0.05) is 27.7 Å². The van der Waals surface area contributed by atoms with Crippen LogP contribution >= 0.6 is 0 Å². The third kappa shape index (κ3) is 6.64. The lowest BCUT2D eigenvalue weighted by molar-refractivity contribution is -0.144. The molecule has 0 saturated carbocycles. The molecule has 2 atom stereocenters. The van der Waals surface area contributed by atoms with Gasteiger partial charge in [0.15, 0.2) is 0 Å². The molecule has 4 heteroatoms. The fourth-order valence-electron chi connectivity index (χ4n) is 1.72. The van der Waals surface area contributed by atoms with E-state index < -0.39 is 0 Å². The Morgan fingerprint density at radius 1 is 1.18 bits per heavy atom. The monoisotopic (exact) mass is 245 g/mol. The number of carbonyl (C=O) groups excluding carboxylic acids is 1. The Morgan fingerprint density at radius 3 is 2.12 bits per heavy atom. The van der Waals surface area contributed by atoms with E-state index in [1.165, 1.54) is 7.11 Å². The highest BCUT2D eigenvalue weighted by atomic mass is 16.5. The molecule has 0 aromatic rings. The lowest BCUT2D eigenvalue weighted by Gasteiger charge is -2.27. The first-order valence-corrected chi connectivity index (χ1v) is 6.25. The summed E-state index contributed by atoms with van der Waals surface area (Å²) in [4.78, 5) is 11.7. The van der Waals surface area contributed by atoms with E-state index in [9.17, 15) is 4.79 Å². The second-order valence-electron chi connectivity index (χ2n) is 5.18. The number of carbonyl (C=O) groups is 1. The molecule has 1 N–H and O–H groups in total. The Bertz CT molecular complexity index is 217. The number of methoxy groups -OCH3 is 2. The Balaban J connectivity index is 4.52. The van der Waals surface area contributed by atoms with Crippen LogP contribution in [0.3, 0.4) is 0 Å². The molecule has 2 unspecified atom stereocenters. The predicted molar refractivity (Wildman–Crippen MR) is 68.9 cm³/mol. The van der Waals surface area contributed by atoms with E-state index in [0.717, 1.165) is 6.42 Å². The fraction of sp³-hybridized carbons (Fsp3) is 0.923. The molecule has 0 amide bonds. The molecular formula is C13H27NO3. The van der Waals surface area contributed by atoms with Gasteiger partial charge in [-0.05, 0) is 18.3 Å². The summed E-state index contributed by atoms with van der Waals surface area (Å²) in [6, 6.07) is -0.0783. The van der Waals surface area contributed by atoms with Crippen LogP contribution in [-0.4, -0.2) is 38.9 Å². The number of esters is 1. The molecule has 0 fully saturated rings. The van der Waals surface area contributed by atoms with Crippen LogP contribution < -0.4 is 5.32 Å². The van der Waals surface area contributed by atoms with Crippen molar-refractivity contribution in [2.24, 2.45) is 11.8 Å². The van der Waals surface area contributed by atoms with Crippen LogP contribution in [0.2, 0.25) is 0 Å². The summed E-state index contributed by atoms with van der Waals surface area (Å²) in [5.74, 6) is 0.664. The van der Waals surface area contributed by atoms with E-state index in [2.05, 4.69) is 33.0 Å². The van der Waals surface area contributed by atoms with Crippen molar-refractivity contribution in [3.63, 3.8) is 0 Å². The standard InChI is InChI=1S/C13H27NO3/c1-9(2)7-11(13(15)17-6)14-12(8-16-5)10(3)4/h9-12,14H,7-8H2,1-6H3. The van der Waals surface area contributed by atoms with Crippen LogP contribution in [0.15, 0.2) is 0 Å². The van der Waals surface area contributed by atoms with Crippen LogP contribution in [0.1, 0.15) is 34.1 Å². The van der Waals surface area contributed by atoms with Gasteiger partial charge in [0.25, 0.3) is 0 Å². The highest BCUT2D eigenvalue weighted by Crippen LogP contribution is 2.10. The van der Waals surface area contributed by atoms with E-state index in [1.54, 1.807) is 7.11 Å². The first kappa shape index (κ1) is 16.4. The highest BCUT2D eigenvalue weighted by Gasteiger charge is 2.25. The maximum absolute atomic E-state index is 11.7. The minimum absolute atomic E-state index is 0.169. The summed E-state index contributed by atoms with van der Waals surface area (Å²) >= 11 is 0. The number of nitrogens with one attached hydrogen (secondary N) is 1. The Hall–Kier alpha value is -0.610. The Morgan fingerprint density at radius 2 is 1.76 bits per heavy atom. The first-order valence-electron chi connectivity index (χ1n) is 6.25. The molecule has 4 nitrogen and oxygen atoms in total. The molecule has 0 heterocycles. The van der Waals surface area contributed by atoms with E-state index in [0.29, 0.717) is 18.4 Å². The van der Waals surface area contributed by atoms with Gasteiger partial charge in [-0.2, -0.15) is 0 Å². The average Bonchev–Trinajstić information content (AvgIpc) is 2.25. The summed E-state index contributed by atoms with van der Waals surface area (Å²) < 4.78 is 10.00. The lowest BCUT2D eigenvalue weighted by Crippen LogP contribution is -2.48. The third-order valence-corrected chi connectivity index (χ3v) is 2.76. The number of ether oxygens (including phenoxy) is 2.